The fourth-order valence-electron chi connectivity index (χ4n) is 1.62. The number of ether oxygens (including phenoxy) is 1. The van der Waals surface area contributed by atoms with Gasteiger partial charge in [-0.15, -0.1) is 0 Å². The number of benzene rings is 1. The van der Waals surface area contributed by atoms with Crippen LogP contribution in [0.15, 0.2) is 30.3 Å². The topological polar surface area (TPSA) is 41.6 Å². The highest BCUT2D eigenvalue weighted by Crippen LogP contribution is 2.16. The van der Waals surface area contributed by atoms with Gasteiger partial charge in [0.2, 0.25) is 0 Å². The number of hydrogen-bond acceptors (Lipinski definition) is 3. The number of alkyl halides is 3. The summed E-state index contributed by atoms with van der Waals surface area (Å²) < 4.78 is 40.1. The van der Waals surface area contributed by atoms with E-state index < -0.39 is 24.9 Å². The van der Waals surface area contributed by atoms with E-state index in [1.165, 1.54) is 0 Å². The van der Waals surface area contributed by atoms with Crippen molar-refractivity contribution >= 4 is 6.09 Å². The van der Waals surface area contributed by atoms with E-state index in [0.717, 1.165) is 5.56 Å². The zero-order chi connectivity index (χ0) is 15.2. The van der Waals surface area contributed by atoms with Gasteiger partial charge in [0, 0.05) is 6.54 Å². The summed E-state index contributed by atoms with van der Waals surface area (Å²) in [5.41, 5.74) is 0.796. The lowest BCUT2D eigenvalue weighted by molar-refractivity contribution is -0.160. The van der Waals surface area contributed by atoms with Crippen LogP contribution >= 0.6 is 0 Å². The molecule has 4 nitrogen and oxygen atoms in total. The average molecular weight is 290 g/mol. The molecule has 1 N–H and O–H groups in total. The summed E-state index contributed by atoms with van der Waals surface area (Å²) in [6.45, 7) is -1.15. The number of likely N-dealkylation sites (N-methyl/N-ethyl adjacent to an activating group) is 1. The molecular weight excluding hydrogens is 273 g/mol. The zero-order valence-electron chi connectivity index (χ0n) is 11.3. The third-order valence-electron chi connectivity index (χ3n) is 2.41. The second kappa shape index (κ2) is 7.14. The Morgan fingerprint density at radius 2 is 1.90 bits per heavy atom. The molecule has 1 unspecified atom stereocenters. The maximum Gasteiger partial charge on any atom is 0.422 e. The lowest BCUT2D eigenvalue weighted by atomic mass is 10.1. The summed E-state index contributed by atoms with van der Waals surface area (Å²) in [7, 11) is 3.61. The van der Waals surface area contributed by atoms with E-state index in [4.69, 9.17) is 0 Å². The van der Waals surface area contributed by atoms with Gasteiger partial charge in [-0.25, -0.2) is 4.79 Å². The Balaban J connectivity index is 2.64. The van der Waals surface area contributed by atoms with Crippen LogP contribution in [0.2, 0.25) is 0 Å². The number of carbonyl (C=O) groups excluding carboxylic acids is 1. The number of nitrogens with zero attached hydrogens (tertiary/aromatic N) is 1. The van der Waals surface area contributed by atoms with Crippen LogP contribution in [0.1, 0.15) is 11.6 Å². The molecule has 112 valence electrons. The number of alkyl carbamates (subject to hydrolysis) is 1. The molecule has 0 spiro atoms. The van der Waals surface area contributed by atoms with Crippen molar-refractivity contribution in [1.82, 2.24) is 10.2 Å². The first-order chi connectivity index (χ1) is 9.28. The van der Waals surface area contributed by atoms with Gasteiger partial charge >= 0.3 is 12.3 Å². The van der Waals surface area contributed by atoms with Crippen molar-refractivity contribution in [1.29, 1.82) is 0 Å². The van der Waals surface area contributed by atoms with E-state index >= 15 is 0 Å². The molecule has 0 saturated carbocycles. The van der Waals surface area contributed by atoms with Gasteiger partial charge in [0.05, 0.1) is 6.04 Å². The first-order valence-electron chi connectivity index (χ1n) is 5.97. The highest BCUT2D eigenvalue weighted by molar-refractivity contribution is 5.68. The summed E-state index contributed by atoms with van der Waals surface area (Å²) in [4.78, 5) is 13.2. The molecule has 0 saturated heterocycles. The minimum Gasteiger partial charge on any atom is -0.440 e. The number of hydrogen-bond donors (Lipinski definition) is 1. The molecule has 1 atom stereocenters. The molecular formula is C13H17F3N2O2. The van der Waals surface area contributed by atoms with Gasteiger partial charge in [-0.1, -0.05) is 30.3 Å². The van der Waals surface area contributed by atoms with Crippen LogP contribution in [-0.4, -0.2) is 44.4 Å². The molecule has 0 aliphatic heterocycles. The SMILES string of the molecule is CN(C)CC(NC(=O)OCC(F)(F)F)c1ccccc1. The molecule has 0 aromatic heterocycles. The second-order valence-corrected chi connectivity index (χ2v) is 4.56. The van der Waals surface area contributed by atoms with Crippen molar-refractivity contribution in [3.8, 4) is 0 Å². The van der Waals surface area contributed by atoms with Crippen molar-refractivity contribution in [2.24, 2.45) is 0 Å². The Morgan fingerprint density at radius 1 is 1.30 bits per heavy atom. The van der Waals surface area contributed by atoms with Gasteiger partial charge in [-0.05, 0) is 19.7 Å². The maximum absolute atomic E-state index is 12.0. The maximum atomic E-state index is 12.0. The van der Waals surface area contributed by atoms with Crippen molar-refractivity contribution in [2.45, 2.75) is 12.2 Å². The lowest BCUT2D eigenvalue weighted by Gasteiger charge is -2.22. The molecule has 1 aromatic rings. The van der Waals surface area contributed by atoms with Crippen LogP contribution < -0.4 is 5.32 Å². The summed E-state index contributed by atoms with van der Waals surface area (Å²) >= 11 is 0. The number of nitrogens with one attached hydrogen (secondary N) is 1. The average Bonchev–Trinajstić information content (AvgIpc) is 2.35. The molecule has 0 radical (unpaired) electrons. The van der Waals surface area contributed by atoms with Crippen molar-refractivity contribution in [3.63, 3.8) is 0 Å². The zero-order valence-corrected chi connectivity index (χ0v) is 11.3. The third kappa shape index (κ3) is 6.42. The van der Waals surface area contributed by atoms with E-state index in [1.54, 1.807) is 38.4 Å². The fourth-order valence-corrected chi connectivity index (χ4v) is 1.62. The summed E-state index contributed by atoms with van der Waals surface area (Å²) in [5, 5.41) is 2.43. The molecule has 0 aliphatic carbocycles. The molecule has 0 aliphatic rings. The lowest BCUT2D eigenvalue weighted by Crippen LogP contribution is -2.37. The van der Waals surface area contributed by atoms with Gasteiger partial charge in [-0.2, -0.15) is 13.2 Å². The fraction of sp³-hybridized carbons (Fsp3) is 0.462. The quantitative estimate of drug-likeness (QED) is 0.906. The normalized spacial score (nSPS) is 13.1. The molecule has 1 amide bonds. The summed E-state index contributed by atoms with van der Waals surface area (Å²) in [5.74, 6) is 0. The smallest absolute Gasteiger partial charge is 0.422 e. The number of halogens is 3. The Hall–Kier alpha value is -1.76. The predicted octanol–water partition coefficient (Wildman–Crippen LogP) is 2.58. The largest absolute Gasteiger partial charge is 0.440 e. The first kappa shape index (κ1) is 16.3. The highest BCUT2D eigenvalue weighted by atomic mass is 19.4. The minimum absolute atomic E-state index is 0.438. The first-order valence-corrected chi connectivity index (χ1v) is 5.97. The second-order valence-electron chi connectivity index (χ2n) is 4.56. The Labute approximate surface area is 115 Å². The molecule has 0 heterocycles. The van der Waals surface area contributed by atoms with E-state index in [0.29, 0.717) is 6.54 Å². The van der Waals surface area contributed by atoms with Crippen LogP contribution in [0.4, 0.5) is 18.0 Å². The predicted molar refractivity (Wildman–Crippen MR) is 68.3 cm³/mol. The minimum atomic E-state index is -4.53. The van der Waals surface area contributed by atoms with Crippen molar-refractivity contribution < 1.29 is 22.7 Å². The summed E-state index contributed by atoms with van der Waals surface area (Å²) in [6.07, 6.45) is -5.61. The molecule has 0 fully saturated rings. The standard InChI is InChI=1S/C13H17F3N2O2/c1-18(2)8-11(10-6-4-3-5-7-10)17-12(19)20-9-13(14,15)16/h3-7,11H,8-9H2,1-2H3,(H,17,19). The van der Waals surface area contributed by atoms with E-state index in [-0.39, 0.29) is 0 Å². The van der Waals surface area contributed by atoms with E-state index in [1.807, 2.05) is 11.0 Å². The van der Waals surface area contributed by atoms with Gasteiger partial charge in [0.1, 0.15) is 0 Å². The number of carbonyl (C=O) groups is 1. The van der Waals surface area contributed by atoms with Crippen LogP contribution in [0.3, 0.4) is 0 Å². The Kier molecular flexibility index (Phi) is 5.82. The Bertz CT molecular complexity index is 421. The number of amides is 1. The molecule has 1 rings (SSSR count). The van der Waals surface area contributed by atoms with Crippen molar-refractivity contribution in [2.75, 3.05) is 27.2 Å². The monoisotopic (exact) mass is 290 g/mol. The van der Waals surface area contributed by atoms with Gasteiger partial charge < -0.3 is 15.0 Å². The molecule has 7 heteroatoms. The highest BCUT2D eigenvalue weighted by Gasteiger charge is 2.30. The third-order valence-corrected chi connectivity index (χ3v) is 2.41. The van der Waals surface area contributed by atoms with E-state index in [2.05, 4.69) is 10.1 Å². The number of rotatable bonds is 5. The van der Waals surface area contributed by atoms with Crippen LogP contribution in [0, 0.1) is 0 Å². The van der Waals surface area contributed by atoms with Crippen LogP contribution in [-0.2, 0) is 4.74 Å². The van der Waals surface area contributed by atoms with Gasteiger partial charge in [-0.3, -0.25) is 0 Å². The Morgan fingerprint density at radius 3 is 2.40 bits per heavy atom. The van der Waals surface area contributed by atoms with Gasteiger partial charge in [0.25, 0.3) is 0 Å². The van der Waals surface area contributed by atoms with Crippen molar-refractivity contribution in [3.05, 3.63) is 35.9 Å². The van der Waals surface area contributed by atoms with Gasteiger partial charge in [0.15, 0.2) is 6.61 Å². The van der Waals surface area contributed by atoms with Crippen LogP contribution in [0.25, 0.3) is 0 Å². The van der Waals surface area contributed by atoms with E-state index in [9.17, 15) is 18.0 Å². The molecule has 1 aromatic carbocycles. The molecule has 0 bridgehead atoms. The molecule has 20 heavy (non-hydrogen) atoms. The van der Waals surface area contributed by atoms with Crippen LogP contribution in [0.5, 0.6) is 0 Å². The summed E-state index contributed by atoms with van der Waals surface area (Å²) in [6, 6.07) is 8.54.